The van der Waals surface area contributed by atoms with E-state index in [4.69, 9.17) is 28.4 Å². The molecular weight excluding hydrogens is 803 g/mol. The van der Waals surface area contributed by atoms with Gasteiger partial charge in [0.25, 0.3) is 5.91 Å². The molecule has 5 aliphatic rings. The van der Waals surface area contributed by atoms with Gasteiger partial charge in [-0.1, -0.05) is 80.6 Å². The topological polar surface area (TPSA) is 214 Å². The van der Waals surface area contributed by atoms with Crippen LogP contribution in [-0.2, 0) is 47.6 Å². The van der Waals surface area contributed by atoms with E-state index < -0.39 is 119 Å². The van der Waals surface area contributed by atoms with Crippen LogP contribution in [0.2, 0.25) is 0 Å². The van der Waals surface area contributed by atoms with Crippen molar-refractivity contribution < 1.29 is 67.4 Å². The number of carbonyl (C=O) groups excluding carboxylic acids is 6. The van der Waals surface area contributed by atoms with Gasteiger partial charge >= 0.3 is 23.9 Å². The standard InChI is InChI=1S/C47H49NO14/c1-24-30(59-43(55)33(51)32(27-16-10-7-11-17-27)48-41(53)28-18-12-8-13-19-28)22-47(56)40(61-42(54)29-20-14-9-15-21-29)36-45(6,37(52)34(58-25(2)49)31(24)44(47,4)5)38-35(60-38)39-46(36,23-57-39)62-26(3)50/h7-21,30,32-36,38-40,51,56H,22-23H2,1-6H3,(H,48,53)/t30-,32+,33+,34+,35?,36-,38?,39+,40-,45+,46+,47+/m0/s1. The van der Waals surface area contributed by atoms with Crippen molar-refractivity contribution in [3.63, 3.8) is 0 Å². The second-order valence-electron chi connectivity index (χ2n) is 17.6. The summed E-state index contributed by atoms with van der Waals surface area (Å²) in [6, 6.07) is 23.2. The number of amides is 1. The van der Waals surface area contributed by atoms with Crippen molar-refractivity contribution in [3.8, 4) is 0 Å². The number of epoxide rings is 1. The zero-order chi connectivity index (χ0) is 44.5. The van der Waals surface area contributed by atoms with Crippen LogP contribution in [-0.4, -0.2) is 106 Å². The van der Waals surface area contributed by atoms with E-state index in [-0.39, 0.29) is 28.9 Å². The third-order valence-corrected chi connectivity index (χ3v) is 13.7. The first-order valence-electron chi connectivity index (χ1n) is 20.5. The lowest BCUT2D eigenvalue weighted by Crippen LogP contribution is -2.81. The van der Waals surface area contributed by atoms with Gasteiger partial charge in [-0.05, 0) is 54.8 Å². The van der Waals surface area contributed by atoms with Crippen LogP contribution in [0.15, 0.2) is 102 Å². The normalized spacial score (nSPS) is 33.5. The van der Waals surface area contributed by atoms with Crippen molar-refractivity contribution in [2.45, 2.75) is 108 Å². The Hall–Kier alpha value is -5.74. The summed E-state index contributed by atoms with van der Waals surface area (Å²) in [5.74, 6) is -6.31. The molecule has 326 valence electrons. The van der Waals surface area contributed by atoms with Crippen molar-refractivity contribution in [2.24, 2.45) is 16.7 Å². The molecule has 0 spiro atoms. The van der Waals surface area contributed by atoms with Crippen molar-refractivity contribution >= 4 is 35.6 Å². The number of aliphatic hydroxyl groups excluding tert-OH is 1. The molecular formula is C47H49NO14. The molecule has 3 N–H and O–H groups in total. The minimum Gasteiger partial charge on any atom is -0.456 e. The summed E-state index contributed by atoms with van der Waals surface area (Å²) < 4.78 is 36.8. The molecule has 4 fully saturated rings. The highest BCUT2D eigenvalue weighted by Gasteiger charge is 2.84. The molecule has 0 radical (unpaired) electrons. The number of esters is 4. The van der Waals surface area contributed by atoms with E-state index in [0.29, 0.717) is 5.56 Å². The van der Waals surface area contributed by atoms with Crippen LogP contribution in [0.5, 0.6) is 0 Å². The van der Waals surface area contributed by atoms with Gasteiger partial charge in [0.05, 0.1) is 35.6 Å². The molecule has 1 amide bonds. The lowest BCUT2D eigenvalue weighted by atomic mass is 9.45. The minimum atomic E-state index is -2.32. The fourth-order valence-corrected chi connectivity index (χ4v) is 10.6. The number of hydrogen-bond acceptors (Lipinski definition) is 14. The van der Waals surface area contributed by atoms with Gasteiger partial charge < -0.3 is 44.0 Å². The maximum atomic E-state index is 15.6. The van der Waals surface area contributed by atoms with E-state index in [9.17, 15) is 34.2 Å². The zero-order valence-corrected chi connectivity index (χ0v) is 35.1. The average molecular weight is 852 g/mol. The van der Waals surface area contributed by atoms with Crippen molar-refractivity contribution in [2.75, 3.05) is 6.61 Å². The van der Waals surface area contributed by atoms with Gasteiger partial charge in [0.15, 0.2) is 23.6 Å². The Balaban J connectivity index is 1.27. The van der Waals surface area contributed by atoms with Crippen LogP contribution in [0.4, 0.5) is 0 Å². The Bertz CT molecular complexity index is 2330. The van der Waals surface area contributed by atoms with E-state index in [1.807, 2.05) is 0 Å². The Morgan fingerprint density at radius 1 is 0.806 bits per heavy atom. The number of benzene rings is 3. The summed E-state index contributed by atoms with van der Waals surface area (Å²) in [5.41, 5.74) is -6.33. The predicted molar refractivity (Wildman–Crippen MR) is 216 cm³/mol. The molecule has 2 aliphatic heterocycles. The quantitative estimate of drug-likeness (QED) is 0.115. The number of aliphatic hydroxyl groups is 2. The van der Waals surface area contributed by atoms with Crippen LogP contribution in [0, 0.1) is 16.7 Å². The summed E-state index contributed by atoms with van der Waals surface area (Å²) in [4.78, 5) is 83.7. The van der Waals surface area contributed by atoms with E-state index in [0.717, 1.165) is 6.92 Å². The molecule has 2 saturated heterocycles. The molecule has 2 saturated carbocycles. The molecule has 3 aliphatic carbocycles. The molecule has 62 heavy (non-hydrogen) atoms. The average Bonchev–Trinajstić information content (AvgIpc) is 4.03. The fourth-order valence-electron chi connectivity index (χ4n) is 10.6. The highest BCUT2D eigenvalue weighted by molar-refractivity contribution is 5.96. The van der Waals surface area contributed by atoms with Gasteiger partial charge in [-0.25, -0.2) is 9.59 Å². The number of nitrogens with one attached hydrogen (secondary N) is 1. The van der Waals surface area contributed by atoms with E-state index >= 15 is 4.79 Å². The number of hydrogen-bond donors (Lipinski definition) is 3. The molecule has 2 heterocycles. The van der Waals surface area contributed by atoms with E-state index in [1.54, 1.807) is 107 Å². The molecule has 0 aromatic heterocycles. The Labute approximate surface area is 357 Å². The first-order chi connectivity index (χ1) is 29.4. The molecule has 2 unspecified atom stereocenters. The van der Waals surface area contributed by atoms with Gasteiger partial charge in [-0.3, -0.25) is 19.2 Å². The Morgan fingerprint density at radius 3 is 1.97 bits per heavy atom. The first kappa shape index (κ1) is 42.9. The van der Waals surface area contributed by atoms with Crippen LogP contribution >= 0.6 is 0 Å². The molecule has 8 rings (SSSR count). The van der Waals surface area contributed by atoms with Crippen molar-refractivity contribution in [1.82, 2.24) is 5.32 Å². The molecule has 2 bridgehead atoms. The Kier molecular flexibility index (Phi) is 10.8. The van der Waals surface area contributed by atoms with Gasteiger partial charge in [0.2, 0.25) is 0 Å². The summed E-state index contributed by atoms with van der Waals surface area (Å²) in [5, 5.41) is 28.3. The smallest absolute Gasteiger partial charge is 0.338 e. The monoisotopic (exact) mass is 851 g/mol. The molecule has 3 aromatic carbocycles. The van der Waals surface area contributed by atoms with E-state index in [1.165, 1.54) is 19.1 Å². The SMILES string of the molecule is CC(=O)O[C@H]1C(=O)[C@]2(C)C3OC3[C@H]3OC[C@@]3(OC(C)=O)[C@H]2[C@H](OC(=O)c2ccccc2)[C@]2(O)C[C@H](OC(=O)[C@H](O)[C@H](NC(=O)c3ccccc3)c3ccccc3)C(C)=C1C2(C)C. The number of ketones is 1. The number of Topliss-reactive ketones (excluding diaryl/α,β-unsaturated/α-hetero) is 1. The van der Waals surface area contributed by atoms with Gasteiger partial charge in [0.1, 0.15) is 30.0 Å². The third kappa shape index (κ3) is 6.73. The van der Waals surface area contributed by atoms with Crippen LogP contribution in [0.25, 0.3) is 0 Å². The number of rotatable bonds is 10. The summed E-state index contributed by atoms with van der Waals surface area (Å²) in [7, 11) is 0. The minimum absolute atomic E-state index is 0.0712. The van der Waals surface area contributed by atoms with Crippen LogP contribution < -0.4 is 5.32 Å². The summed E-state index contributed by atoms with van der Waals surface area (Å²) in [6.45, 7) is 8.40. The third-order valence-electron chi connectivity index (χ3n) is 13.7. The number of fused-ring (bicyclic) bond motifs is 8. The van der Waals surface area contributed by atoms with Gasteiger partial charge in [-0.15, -0.1) is 0 Å². The molecule has 3 aromatic rings. The maximum absolute atomic E-state index is 15.6. The summed E-state index contributed by atoms with van der Waals surface area (Å²) >= 11 is 0. The molecule has 12 atom stereocenters. The molecule has 15 heteroatoms. The van der Waals surface area contributed by atoms with Gasteiger partial charge in [-0.2, -0.15) is 0 Å². The second kappa shape index (κ2) is 15.6. The number of ether oxygens (including phenoxy) is 6. The maximum Gasteiger partial charge on any atom is 0.338 e. The van der Waals surface area contributed by atoms with E-state index in [2.05, 4.69) is 5.32 Å². The highest BCUT2D eigenvalue weighted by atomic mass is 16.7. The first-order valence-corrected chi connectivity index (χ1v) is 20.5. The zero-order valence-electron chi connectivity index (χ0n) is 35.1. The second-order valence-corrected chi connectivity index (χ2v) is 17.6. The Morgan fingerprint density at radius 2 is 1.40 bits per heavy atom. The van der Waals surface area contributed by atoms with Crippen LogP contribution in [0.1, 0.15) is 80.3 Å². The van der Waals surface area contributed by atoms with Crippen molar-refractivity contribution in [1.29, 1.82) is 0 Å². The number of carbonyl (C=O) groups is 6. The summed E-state index contributed by atoms with van der Waals surface area (Å²) in [6.07, 6.45) is -9.94. The lowest BCUT2D eigenvalue weighted by molar-refractivity contribution is -0.325. The fraction of sp³-hybridized carbons (Fsp3) is 0.447. The van der Waals surface area contributed by atoms with Gasteiger partial charge in [0, 0.05) is 31.2 Å². The molecule has 15 nitrogen and oxygen atoms in total. The lowest BCUT2D eigenvalue weighted by Gasteiger charge is -2.65. The largest absolute Gasteiger partial charge is 0.456 e. The predicted octanol–water partition coefficient (Wildman–Crippen LogP) is 3.75. The van der Waals surface area contributed by atoms with Crippen LogP contribution in [0.3, 0.4) is 0 Å². The van der Waals surface area contributed by atoms with Crippen molar-refractivity contribution in [3.05, 3.63) is 119 Å². The highest BCUT2D eigenvalue weighted by Crippen LogP contribution is 2.68.